The van der Waals surface area contributed by atoms with Crippen LogP contribution >= 0.6 is 0 Å². The summed E-state index contributed by atoms with van der Waals surface area (Å²) in [6, 6.07) is 2.18. The van der Waals surface area contributed by atoms with Gasteiger partial charge in [-0.25, -0.2) is 14.4 Å². The Balaban J connectivity index is 1.90. The number of aliphatic hydroxyl groups is 2. The number of esters is 3. The average Bonchev–Trinajstić information content (AvgIpc) is 3.01. The summed E-state index contributed by atoms with van der Waals surface area (Å²) in [6.45, 7) is -1.18. The Morgan fingerprint density at radius 2 is 1.22 bits per heavy atom. The van der Waals surface area contributed by atoms with Gasteiger partial charge in [0, 0.05) is 11.1 Å². The lowest BCUT2D eigenvalue weighted by Crippen LogP contribution is -2.51. The summed E-state index contributed by atoms with van der Waals surface area (Å²) in [5, 5.41) is 112. The Kier molecular flexibility index (Phi) is 8.38. The molecule has 238 valence electrons. The maximum absolute atomic E-state index is 13.5. The monoisotopic (exact) mass is 634 g/mol. The van der Waals surface area contributed by atoms with Crippen molar-refractivity contribution in [2.45, 2.75) is 24.4 Å². The summed E-state index contributed by atoms with van der Waals surface area (Å²) >= 11 is 0. The van der Waals surface area contributed by atoms with Crippen molar-refractivity contribution in [3.8, 4) is 62.9 Å². The second-order valence-electron chi connectivity index (χ2n) is 9.43. The molecule has 18 nitrogen and oxygen atoms in total. The quantitative estimate of drug-likeness (QED) is 0.0732. The smallest absolute Gasteiger partial charge is 0.339 e. The lowest BCUT2D eigenvalue weighted by Gasteiger charge is -2.31. The molecule has 45 heavy (non-hydrogen) atoms. The third-order valence-electron chi connectivity index (χ3n) is 6.55. The van der Waals surface area contributed by atoms with Gasteiger partial charge < -0.3 is 75.2 Å². The van der Waals surface area contributed by atoms with Crippen molar-refractivity contribution < 1.29 is 89.6 Å². The molecule has 0 saturated heterocycles. The molecule has 4 atom stereocenters. The molecule has 0 fully saturated rings. The highest BCUT2D eigenvalue weighted by atomic mass is 16.6. The summed E-state index contributed by atoms with van der Waals surface area (Å²) < 4.78 is 15.2. The van der Waals surface area contributed by atoms with Gasteiger partial charge in [-0.3, -0.25) is 0 Å². The van der Waals surface area contributed by atoms with E-state index in [1.807, 2.05) is 0 Å². The molecule has 3 aromatic carbocycles. The van der Waals surface area contributed by atoms with E-state index in [4.69, 9.17) is 14.2 Å². The number of carbonyl (C=O) groups is 4. The Bertz CT molecular complexity index is 1710. The molecule has 3 aromatic rings. The molecular formula is C27H22O18. The van der Waals surface area contributed by atoms with Crippen molar-refractivity contribution in [2.75, 3.05) is 6.61 Å². The molecule has 0 spiro atoms. The molecule has 0 saturated carbocycles. The number of aldehydes is 1. The van der Waals surface area contributed by atoms with Gasteiger partial charge in [0.25, 0.3) is 0 Å². The summed E-state index contributed by atoms with van der Waals surface area (Å²) in [5.41, 5.74) is -4.49. The summed E-state index contributed by atoms with van der Waals surface area (Å²) in [4.78, 5) is 51.0. The molecule has 1 aliphatic rings. The summed E-state index contributed by atoms with van der Waals surface area (Å²) in [5.74, 6) is -15.3. The van der Waals surface area contributed by atoms with Crippen molar-refractivity contribution in [3.63, 3.8) is 0 Å². The van der Waals surface area contributed by atoms with E-state index < -0.39 is 128 Å². The SMILES string of the molecule is O=C[C@H](O)[C@H](OC(=O)c1cc(O)c(O)c(O)c1)[C@H]1OC(=O)c2cc(O)c(O)c(O)c2-c2c(cc(O)c(O)c2O)C(=O)OC[C@@H]1O. The van der Waals surface area contributed by atoms with Crippen LogP contribution in [0, 0.1) is 0 Å². The molecule has 11 N–H and O–H groups in total. The van der Waals surface area contributed by atoms with Gasteiger partial charge in [0.05, 0.1) is 16.7 Å². The van der Waals surface area contributed by atoms with E-state index in [2.05, 4.69) is 0 Å². The first-order valence-corrected chi connectivity index (χ1v) is 12.3. The minimum atomic E-state index is -2.40. The lowest BCUT2D eigenvalue weighted by molar-refractivity contribution is -0.140. The topological polar surface area (TPSA) is 318 Å². The standard InChI is InChI=1S/C27H22O18/c28-5-14(33)23(44-25(40)7-1-10(29)18(35)11(30)2-7)24-15(34)6-43-26(41)8-3-12(31)19(36)21(38)16(8)17-9(27(42)45-24)4-13(32)20(37)22(17)39/h1-5,14-15,23-24,29-39H,6H2/t14-,15-,23-,24-/m0/s1. The number of hydrogen-bond donors (Lipinski definition) is 11. The molecule has 0 radical (unpaired) electrons. The van der Waals surface area contributed by atoms with Gasteiger partial charge in [-0.15, -0.1) is 0 Å². The fraction of sp³-hybridized carbons (Fsp3) is 0.185. The molecule has 1 heterocycles. The Morgan fingerprint density at radius 3 is 1.71 bits per heavy atom. The minimum absolute atomic E-state index is 0.218. The van der Waals surface area contributed by atoms with Gasteiger partial charge in [-0.05, 0) is 24.3 Å². The molecule has 0 unspecified atom stereocenters. The Morgan fingerprint density at radius 1 is 0.756 bits per heavy atom. The van der Waals surface area contributed by atoms with Crippen LogP contribution in [0.5, 0.6) is 51.7 Å². The maximum Gasteiger partial charge on any atom is 0.339 e. The van der Waals surface area contributed by atoms with Crippen molar-refractivity contribution in [1.29, 1.82) is 0 Å². The van der Waals surface area contributed by atoms with Crippen molar-refractivity contribution >= 4 is 24.2 Å². The lowest BCUT2D eigenvalue weighted by atomic mass is 9.92. The zero-order valence-electron chi connectivity index (χ0n) is 22.2. The van der Waals surface area contributed by atoms with Gasteiger partial charge in [-0.2, -0.15) is 0 Å². The van der Waals surface area contributed by atoms with Gasteiger partial charge in [0.1, 0.15) is 18.8 Å². The van der Waals surface area contributed by atoms with Crippen LogP contribution in [0.4, 0.5) is 0 Å². The van der Waals surface area contributed by atoms with Gasteiger partial charge in [0.15, 0.2) is 58.7 Å². The third-order valence-corrected chi connectivity index (χ3v) is 6.55. The predicted molar refractivity (Wildman–Crippen MR) is 140 cm³/mol. The molecule has 4 rings (SSSR count). The number of phenols is 9. The molecule has 0 aromatic heterocycles. The Hall–Kier alpha value is -6.14. The fourth-order valence-corrected chi connectivity index (χ4v) is 4.32. The zero-order chi connectivity index (χ0) is 33.5. The average molecular weight is 634 g/mol. The number of carbonyl (C=O) groups excluding carboxylic acids is 4. The number of benzene rings is 3. The molecule has 1 aliphatic heterocycles. The number of aliphatic hydroxyl groups excluding tert-OH is 2. The van der Waals surface area contributed by atoms with Gasteiger partial charge >= 0.3 is 17.9 Å². The zero-order valence-corrected chi connectivity index (χ0v) is 22.2. The van der Waals surface area contributed by atoms with Crippen LogP contribution in [0.25, 0.3) is 11.1 Å². The van der Waals surface area contributed by atoms with Gasteiger partial charge in [-0.1, -0.05) is 0 Å². The number of hydrogen-bond acceptors (Lipinski definition) is 18. The first-order chi connectivity index (χ1) is 21.1. The minimum Gasteiger partial charge on any atom is -0.504 e. The molecular weight excluding hydrogens is 612 g/mol. The van der Waals surface area contributed by atoms with E-state index in [1.165, 1.54) is 0 Å². The maximum atomic E-state index is 13.5. The highest BCUT2D eigenvalue weighted by molar-refractivity contribution is 6.08. The van der Waals surface area contributed by atoms with Crippen LogP contribution < -0.4 is 0 Å². The van der Waals surface area contributed by atoms with Crippen LogP contribution in [0.3, 0.4) is 0 Å². The van der Waals surface area contributed by atoms with Crippen LogP contribution in [0.1, 0.15) is 31.1 Å². The van der Waals surface area contributed by atoms with E-state index in [9.17, 15) is 75.3 Å². The molecule has 0 amide bonds. The number of ether oxygens (including phenoxy) is 3. The Labute approximate surface area is 249 Å². The number of phenolic OH excluding ortho intramolecular Hbond substituents is 9. The van der Waals surface area contributed by atoms with Crippen molar-refractivity contribution in [3.05, 3.63) is 41.0 Å². The predicted octanol–water partition coefficient (Wildman–Crippen LogP) is -0.454. The highest BCUT2D eigenvalue weighted by Crippen LogP contribution is 2.52. The molecule has 0 aliphatic carbocycles. The molecule has 18 heteroatoms. The third kappa shape index (κ3) is 5.65. The van der Waals surface area contributed by atoms with Crippen LogP contribution in [0.2, 0.25) is 0 Å². The fourth-order valence-electron chi connectivity index (χ4n) is 4.32. The first kappa shape index (κ1) is 31.8. The van der Waals surface area contributed by atoms with Crippen LogP contribution in [-0.2, 0) is 19.0 Å². The van der Waals surface area contributed by atoms with E-state index in [1.54, 1.807) is 0 Å². The summed E-state index contributed by atoms with van der Waals surface area (Å²) in [6.07, 6.45) is -9.60. The second-order valence-corrected chi connectivity index (χ2v) is 9.43. The van der Waals surface area contributed by atoms with Gasteiger partial charge in [0.2, 0.25) is 11.5 Å². The van der Waals surface area contributed by atoms with Crippen molar-refractivity contribution in [1.82, 2.24) is 0 Å². The second kappa shape index (κ2) is 11.9. The number of rotatable bonds is 5. The number of cyclic esters (lactones) is 2. The number of fused-ring (bicyclic) bond motifs is 3. The largest absolute Gasteiger partial charge is 0.504 e. The molecule has 0 bridgehead atoms. The van der Waals surface area contributed by atoms with Crippen molar-refractivity contribution in [2.24, 2.45) is 0 Å². The van der Waals surface area contributed by atoms with Crippen LogP contribution in [-0.4, -0.2) is 111 Å². The van der Waals surface area contributed by atoms with E-state index >= 15 is 0 Å². The first-order valence-electron chi connectivity index (χ1n) is 12.3. The number of aromatic hydroxyl groups is 9. The van der Waals surface area contributed by atoms with E-state index in [-0.39, 0.29) is 6.29 Å². The van der Waals surface area contributed by atoms with E-state index in [0.717, 1.165) is 0 Å². The van der Waals surface area contributed by atoms with E-state index in [0.29, 0.717) is 24.3 Å². The summed E-state index contributed by atoms with van der Waals surface area (Å²) in [7, 11) is 0. The van der Waals surface area contributed by atoms with Crippen LogP contribution in [0.15, 0.2) is 24.3 Å². The highest BCUT2D eigenvalue weighted by Gasteiger charge is 2.43. The normalized spacial score (nSPS) is 17.8.